The van der Waals surface area contributed by atoms with Gasteiger partial charge in [-0.3, -0.25) is 0 Å². The number of halogens is 2. The molecule has 0 radical (unpaired) electrons. The van der Waals surface area contributed by atoms with Crippen molar-refractivity contribution < 1.29 is 4.52 Å². The number of rotatable bonds is 5. The van der Waals surface area contributed by atoms with E-state index in [0.29, 0.717) is 16.7 Å². The number of hydrogen-bond donors (Lipinski definition) is 0. The highest BCUT2D eigenvalue weighted by Gasteiger charge is 2.12. The van der Waals surface area contributed by atoms with E-state index in [1.807, 2.05) is 24.3 Å². The standard InChI is InChI=1S/C15H18ClN3O.ClH/c16-13-7-5-12(6-8-13)15-17-14(20-18-15)4-3-11-19-9-1-2-10-19;/h5-8H,1-4,9-11H2;1H. The van der Waals surface area contributed by atoms with Crippen molar-refractivity contribution in [3.05, 3.63) is 35.2 Å². The minimum Gasteiger partial charge on any atom is -0.339 e. The molecule has 0 spiro atoms. The maximum absolute atomic E-state index is 5.87. The Morgan fingerprint density at radius 2 is 1.86 bits per heavy atom. The van der Waals surface area contributed by atoms with Crippen LogP contribution in [0.25, 0.3) is 11.4 Å². The fourth-order valence-electron chi connectivity index (χ4n) is 2.53. The molecule has 21 heavy (non-hydrogen) atoms. The average molecular weight is 328 g/mol. The van der Waals surface area contributed by atoms with Gasteiger partial charge in [-0.15, -0.1) is 12.4 Å². The number of nitrogens with zero attached hydrogens (tertiary/aromatic N) is 3. The first-order valence-corrected chi connectivity index (χ1v) is 7.50. The lowest BCUT2D eigenvalue weighted by atomic mass is 10.2. The molecule has 1 aromatic heterocycles. The third kappa shape index (κ3) is 4.43. The van der Waals surface area contributed by atoms with Crippen molar-refractivity contribution in [1.29, 1.82) is 0 Å². The van der Waals surface area contributed by atoms with Crippen molar-refractivity contribution in [3.63, 3.8) is 0 Å². The Hall–Kier alpha value is -1.10. The Labute approximate surface area is 135 Å². The quantitative estimate of drug-likeness (QED) is 0.836. The van der Waals surface area contributed by atoms with Crippen molar-refractivity contribution in [2.24, 2.45) is 0 Å². The van der Waals surface area contributed by atoms with Gasteiger partial charge in [0.15, 0.2) is 0 Å². The summed E-state index contributed by atoms with van der Waals surface area (Å²) < 4.78 is 5.30. The molecular weight excluding hydrogens is 309 g/mol. The molecule has 114 valence electrons. The van der Waals surface area contributed by atoms with E-state index in [2.05, 4.69) is 15.0 Å². The number of aryl methyl sites for hydroxylation is 1. The fraction of sp³-hybridized carbons (Fsp3) is 0.467. The van der Waals surface area contributed by atoms with Gasteiger partial charge in [0.25, 0.3) is 0 Å². The summed E-state index contributed by atoms with van der Waals surface area (Å²) in [5, 5.41) is 4.73. The van der Waals surface area contributed by atoms with E-state index in [4.69, 9.17) is 16.1 Å². The van der Waals surface area contributed by atoms with Crippen LogP contribution in [0.1, 0.15) is 25.2 Å². The van der Waals surface area contributed by atoms with Crippen LogP contribution in [0.15, 0.2) is 28.8 Å². The monoisotopic (exact) mass is 327 g/mol. The first-order chi connectivity index (χ1) is 9.81. The lowest BCUT2D eigenvalue weighted by Crippen LogP contribution is -2.20. The van der Waals surface area contributed by atoms with Gasteiger partial charge in [-0.25, -0.2) is 0 Å². The van der Waals surface area contributed by atoms with E-state index in [0.717, 1.165) is 24.9 Å². The van der Waals surface area contributed by atoms with Gasteiger partial charge < -0.3 is 9.42 Å². The largest absolute Gasteiger partial charge is 0.339 e. The van der Waals surface area contributed by atoms with Gasteiger partial charge in [-0.2, -0.15) is 4.98 Å². The van der Waals surface area contributed by atoms with E-state index in [-0.39, 0.29) is 12.4 Å². The second-order valence-corrected chi connectivity index (χ2v) is 5.61. The minimum atomic E-state index is 0. The van der Waals surface area contributed by atoms with Crippen molar-refractivity contribution in [1.82, 2.24) is 15.0 Å². The molecule has 1 aliphatic heterocycles. The molecule has 4 nitrogen and oxygen atoms in total. The molecule has 2 heterocycles. The van der Waals surface area contributed by atoms with Crippen LogP contribution in [0, 0.1) is 0 Å². The predicted octanol–water partition coefficient (Wildman–Crippen LogP) is 3.84. The topological polar surface area (TPSA) is 42.2 Å². The summed E-state index contributed by atoms with van der Waals surface area (Å²) in [5.41, 5.74) is 0.934. The number of aromatic nitrogens is 2. The second kappa shape index (κ2) is 7.78. The fourth-order valence-corrected chi connectivity index (χ4v) is 2.66. The van der Waals surface area contributed by atoms with Gasteiger partial charge in [0.05, 0.1) is 0 Å². The maximum Gasteiger partial charge on any atom is 0.227 e. The molecule has 0 saturated carbocycles. The normalized spacial score (nSPS) is 15.1. The molecule has 0 unspecified atom stereocenters. The van der Waals surface area contributed by atoms with Crippen molar-refractivity contribution >= 4 is 24.0 Å². The summed E-state index contributed by atoms with van der Waals surface area (Å²) in [6.45, 7) is 3.60. The Morgan fingerprint density at radius 3 is 2.57 bits per heavy atom. The molecule has 1 fully saturated rings. The first kappa shape index (κ1) is 16.3. The molecule has 3 rings (SSSR count). The zero-order chi connectivity index (χ0) is 13.8. The predicted molar refractivity (Wildman–Crippen MR) is 86.0 cm³/mol. The van der Waals surface area contributed by atoms with Crippen LogP contribution in [0.4, 0.5) is 0 Å². The summed E-state index contributed by atoms with van der Waals surface area (Å²) >= 11 is 5.87. The molecule has 0 bridgehead atoms. The van der Waals surface area contributed by atoms with Crippen LogP contribution >= 0.6 is 24.0 Å². The second-order valence-electron chi connectivity index (χ2n) is 5.17. The van der Waals surface area contributed by atoms with Crippen molar-refractivity contribution in [2.45, 2.75) is 25.7 Å². The van der Waals surface area contributed by atoms with Crippen LogP contribution in [0.5, 0.6) is 0 Å². The van der Waals surface area contributed by atoms with Gasteiger partial charge in [0.1, 0.15) is 0 Å². The average Bonchev–Trinajstić information content (AvgIpc) is 3.11. The summed E-state index contributed by atoms with van der Waals surface area (Å²) in [4.78, 5) is 6.93. The van der Waals surface area contributed by atoms with Crippen LogP contribution in [-0.4, -0.2) is 34.7 Å². The third-order valence-corrected chi connectivity index (χ3v) is 3.89. The molecule has 2 aromatic rings. The number of likely N-dealkylation sites (tertiary alicyclic amines) is 1. The molecule has 0 atom stereocenters. The van der Waals surface area contributed by atoms with Gasteiger partial charge in [0.2, 0.25) is 11.7 Å². The highest BCUT2D eigenvalue weighted by Crippen LogP contribution is 2.19. The Bertz CT molecular complexity index is 550. The molecule has 1 aliphatic rings. The van der Waals surface area contributed by atoms with E-state index in [9.17, 15) is 0 Å². The van der Waals surface area contributed by atoms with Crippen LogP contribution in [0.3, 0.4) is 0 Å². The van der Waals surface area contributed by atoms with E-state index >= 15 is 0 Å². The van der Waals surface area contributed by atoms with E-state index in [1.54, 1.807) is 0 Å². The van der Waals surface area contributed by atoms with Gasteiger partial charge in [-0.1, -0.05) is 16.8 Å². The highest BCUT2D eigenvalue weighted by molar-refractivity contribution is 6.30. The molecule has 6 heteroatoms. The third-order valence-electron chi connectivity index (χ3n) is 3.63. The molecule has 0 N–H and O–H groups in total. The van der Waals surface area contributed by atoms with Crippen molar-refractivity contribution in [2.75, 3.05) is 19.6 Å². The van der Waals surface area contributed by atoms with Gasteiger partial charge >= 0.3 is 0 Å². The van der Waals surface area contributed by atoms with Crippen LogP contribution in [0.2, 0.25) is 5.02 Å². The lowest BCUT2D eigenvalue weighted by Gasteiger charge is -2.12. The summed E-state index contributed by atoms with van der Waals surface area (Å²) in [6.07, 6.45) is 4.59. The zero-order valence-electron chi connectivity index (χ0n) is 11.8. The Balaban J connectivity index is 0.00000161. The summed E-state index contributed by atoms with van der Waals surface area (Å²) in [7, 11) is 0. The van der Waals surface area contributed by atoms with Crippen LogP contribution < -0.4 is 0 Å². The molecule has 1 aromatic carbocycles. The first-order valence-electron chi connectivity index (χ1n) is 7.12. The Kier molecular flexibility index (Phi) is 6.03. The van der Waals surface area contributed by atoms with Gasteiger partial charge in [0, 0.05) is 17.0 Å². The van der Waals surface area contributed by atoms with Crippen molar-refractivity contribution in [3.8, 4) is 11.4 Å². The maximum atomic E-state index is 5.87. The minimum absolute atomic E-state index is 0. The van der Waals surface area contributed by atoms with Crippen LogP contribution in [-0.2, 0) is 6.42 Å². The molecule has 0 aliphatic carbocycles. The lowest BCUT2D eigenvalue weighted by molar-refractivity contribution is 0.319. The molecular formula is C15H19Cl2N3O. The highest BCUT2D eigenvalue weighted by atomic mass is 35.5. The smallest absolute Gasteiger partial charge is 0.227 e. The summed E-state index contributed by atoms with van der Waals surface area (Å²) in [6, 6.07) is 7.48. The molecule has 0 amide bonds. The van der Waals surface area contributed by atoms with E-state index in [1.165, 1.54) is 25.9 Å². The van der Waals surface area contributed by atoms with Gasteiger partial charge in [-0.05, 0) is 63.2 Å². The SMILES string of the molecule is Cl.Clc1ccc(-c2noc(CCCN3CCCC3)n2)cc1. The Morgan fingerprint density at radius 1 is 1.14 bits per heavy atom. The van der Waals surface area contributed by atoms with E-state index < -0.39 is 0 Å². The number of benzene rings is 1. The number of hydrogen-bond acceptors (Lipinski definition) is 4. The zero-order valence-corrected chi connectivity index (χ0v) is 13.4. The molecule has 1 saturated heterocycles. The summed E-state index contributed by atoms with van der Waals surface area (Å²) in [5.74, 6) is 1.35.